The van der Waals surface area contributed by atoms with Crippen molar-refractivity contribution in [2.75, 3.05) is 11.9 Å². The molecule has 0 aromatic carbocycles. The average molecular weight is 312 g/mol. The summed E-state index contributed by atoms with van der Waals surface area (Å²) < 4.78 is 0. The largest absolute Gasteiger partial charge is 0.333 e. The Hall–Kier alpha value is -1.63. The van der Waals surface area contributed by atoms with E-state index in [-0.39, 0.29) is 30.1 Å². The number of nitrogens with zero attached hydrogens (tertiary/aromatic N) is 2. The lowest BCUT2D eigenvalue weighted by molar-refractivity contribution is -0.117. The van der Waals surface area contributed by atoms with Crippen LogP contribution in [-0.4, -0.2) is 39.9 Å². The van der Waals surface area contributed by atoms with E-state index in [1.54, 1.807) is 6.20 Å². The van der Waals surface area contributed by atoms with Crippen molar-refractivity contribution in [3.63, 3.8) is 0 Å². The van der Waals surface area contributed by atoms with Crippen molar-refractivity contribution < 1.29 is 9.59 Å². The Labute approximate surface area is 129 Å². The number of aryl methyl sites for hydroxylation is 1. The molecule has 1 aromatic heterocycles. The predicted octanol–water partition coefficient (Wildman–Crippen LogP) is 2.61. The van der Waals surface area contributed by atoms with Crippen LogP contribution in [0.2, 0.25) is 0 Å². The third kappa shape index (κ3) is 6.12. The highest BCUT2D eigenvalue weighted by Crippen LogP contribution is 2.16. The van der Waals surface area contributed by atoms with Gasteiger partial charge < -0.3 is 15.5 Å². The third-order valence-electron chi connectivity index (χ3n) is 2.55. The minimum atomic E-state index is -0.340. The van der Waals surface area contributed by atoms with Gasteiger partial charge in [-0.3, -0.25) is 4.79 Å². The third-order valence-corrected chi connectivity index (χ3v) is 3.38. The second kappa shape index (κ2) is 6.89. The molecule has 1 heterocycles. The zero-order chi connectivity index (χ0) is 16.2. The van der Waals surface area contributed by atoms with Crippen LogP contribution in [0.25, 0.3) is 0 Å². The normalized spacial score (nSPS) is 11.4. The number of urea groups is 1. The van der Waals surface area contributed by atoms with Gasteiger partial charge in [0.2, 0.25) is 5.91 Å². The Balaban J connectivity index is 2.65. The van der Waals surface area contributed by atoms with E-state index in [0.29, 0.717) is 5.13 Å². The van der Waals surface area contributed by atoms with Crippen molar-refractivity contribution in [3.8, 4) is 0 Å². The van der Waals surface area contributed by atoms with Crippen molar-refractivity contribution in [3.05, 3.63) is 11.1 Å². The molecule has 0 aliphatic heterocycles. The molecule has 0 spiro atoms. The molecule has 0 saturated carbocycles. The molecule has 2 N–H and O–H groups in total. The maximum Gasteiger partial charge on any atom is 0.318 e. The SMILES string of the molecule is Cc1cnc(NC(=O)CN(C(=O)NC(C)(C)C)C(C)C)s1. The van der Waals surface area contributed by atoms with Gasteiger partial charge >= 0.3 is 6.03 Å². The highest BCUT2D eigenvalue weighted by molar-refractivity contribution is 7.15. The Kier molecular flexibility index (Phi) is 5.71. The fraction of sp³-hybridized carbons (Fsp3) is 0.643. The smallest absolute Gasteiger partial charge is 0.318 e. The predicted molar refractivity (Wildman–Crippen MR) is 85.6 cm³/mol. The van der Waals surface area contributed by atoms with Crippen molar-refractivity contribution in [2.24, 2.45) is 0 Å². The zero-order valence-electron chi connectivity index (χ0n) is 13.5. The van der Waals surface area contributed by atoms with E-state index in [4.69, 9.17) is 0 Å². The minimum absolute atomic E-state index is 0.00178. The minimum Gasteiger partial charge on any atom is -0.333 e. The van der Waals surface area contributed by atoms with Crippen LogP contribution in [0.5, 0.6) is 0 Å². The fourth-order valence-electron chi connectivity index (χ4n) is 1.61. The second-order valence-electron chi connectivity index (χ2n) is 6.23. The van der Waals surface area contributed by atoms with Gasteiger partial charge in [0.1, 0.15) is 6.54 Å². The molecule has 0 fully saturated rings. The fourth-order valence-corrected chi connectivity index (χ4v) is 2.29. The van der Waals surface area contributed by atoms with Crippen LogP contribution < -0.4 is 10.6 Å². The van der Waals surface area contributed by atoms with Gasteiger partial charge in [0.25, 0.3) is 0 Å². The van der Waals surface area contributed by atoms with Crippen molar-refractivity contribution in [1.29, 1.82) is 0 Å². The Morgan fingerprint density at radius 2 is 2.00 bits per heavy atom. The molecular formula is C14H24N4O2S. The topological polar surface area (TPSA) is 74.3 Å². The van der Waals surface area contributed by atoms with Crippen LogP contribution in [0, 0.1) is 6.92 Å². The summed E-state index contributed by atoms with van der Waals surface area (Å²) in [5, 5.41) is 6.13. The first-order chi connectivity index (χ1) is 9.58. The van der Waals surface area contributed by atoms with E-state index in [2.05, 4.69) is 15.6 Å². The summed E-state index contributed by atoms with van der Waals surface area (Å²) in [5.41, 5.74) is -0.340. The van der Waals surface area contributed by atoms with Gasteiger partial charge in [0.05, 0.1) is 0 Å². The molecular weight excluding hydrogens is 288 g/mol. The van der Waals surface area contributed by atoms with Crippen molar-refractivity contribution in [2.45, 2.75) is 53.1 Å². The molecule has 1 aromatic rings. The van der Waals surface area contributed by atoms with E-state index in [1.807, 2.05) is 41.5 Å². The average Bonchev–Trinajstić information content (AvgIpc) is 2.68. The monoisotopic (exact) mass is 312 g/mol. The number of carbonyl (C=O) groups excluding carboxylic acids is 2. The van der Waals surface area contributed by atoms with Gasteiger partial charge in [0, 0.05) is 22.7 Å². The molecule has 6 nitrogen and oxygen atoms in total. The number of anilines is 1. The molecule has 0 aliphatic carbocycles. The molecule has 0 unspecified atom stereocenters. The van der Waals surface area contributed by atoms with E-state index >= 15 is 0 Å². The summed E-state index contributed by atoms with van der Waals surface area (Å²) in [4.78, 5) is 30.9. The molecule has 1 rings (SSSR count). The van der Waals surface area contributed by atoms with E-state index in [9.17, 15) is 9.59 Å². The number of nitrogens with one attached hydrogen (secondary N) is 2. The zero-order valence-corrected chi connectivity index (χ0v) is 14.3. The van der Waals surface area contributed by atoms with Gasteiger partial charge in [-0.2, -0.15) is 0 Å². The quantitative estimate of drug-likeness (QED) is 0.897. The lowest BCUT2D eigenvalue weighted by atomic mass is 10.1. The first-order valence-electron chi connectivity index (χ1n) is 6.89. The standard InChI is InChI=1S/C14H24N4O2S/c1-9(2)18(13(20)17-14(4,5)6)8-11(19)16-12-15-7-10(3)21-12/h7,9H,8H2,1-6H3,(H,17,20)(H,15,16,19). The lowest BCUT2D eigenvalue weighted by Crippen LogP contribution is -2.52. The van der Waals surface area contributed by atoms with Gasteiger partial charge in [-0.1, -0.05) is 0 Å². The van der Waals surface area contributed by atoms with Gasteiger partial charge in [-0.15, -0.1) is 11.3 Å². The van der Waals surface area contributed by atoms with Gasteiger partial charge in [-0.25, -0.2) is 9.78 Å². The summed E-state index contributed by atoms with van der Waals surface area (Å²) in [6, 6.07) is -0.320. The molecule has 0 bridgehead atoms. The van der Waals surface area contributed by atoms with Crippen LogP contribution in [0.1, 0.15) is 39.5 Å². The summed E-state index contributed by atoms with van der Waals surface area (Å²) in [6.07, 6.45) is 1.70. The van der Waals surface area contributed by atoms with Crippen LogP contribution in [0.4, 0.5) is 9.93 Å². The Bertz CT molecular complexity index is 505. The molecule has 7 heteroatoms. The first-order valence-corrected chi connectivity index (χ1v) is 7.71. The number of aromatic nitrogens is 1. The number of hydrogen-bond acceptors (Lipinski definition) is 4. The molecule has 0 aliphatic rings. The van der Waals surface area contributed by atoms with Crippen LogP contribution in [-0.2, 0) is 4.79 Å². The summed E-state index contributed by atoms with van der Waals surface area (Å²) in [5.74, 6) is -0.248. The molecule has 0 saturated heterocycles. The molecule has 0 atom stereocenters. The maximum absolute atomic E-state index is 12.2. The molecule has 3 amide bonds. The van der Waals surface area contributed by atoms with Crippen molar-refractivity contribution in [1.82, 2.24) is 15.2 Å². The van der Waals surface area contributed by atoms with E-state index in [0.717, 1.165) is 4.88 Å². The number of carbonyl (C=O) groups is 2. The lowest BCUT2D eigenvalue weighted by Gasteiger charge is -2.30. The van der Waals surface area contributed by atoms with Crippen LogP contribution >= 0.6 is 11.3 Å². The van der Waals surface area contributed by atoms with Gasteiger partial charge in [-0.05, 0) is 41.5 Å². The number of hydrogen-bond donors (Lipinski definition) is 2. The van der Waals surface area contributed by atoms with Crippen molar-refractivity contribution >= 4 is 28.4 Å². The number of amides is 3. The van der Waals surface area contributed by atoms with Gasteiger partial charge in [0.15, 0.2) is 5.13 Å². The molecule has 0 radical (unpaired) electrons. The summed E-state index contributed by atoms with van der Waals surface area (Å²) in [7, 11) is 0. The van der Waals surface area contributed by atoms with Crippen LogP contribution in [0.15, 0.2) is 6.20 Å². The van der Waals surface area contributed by atoms with Crippen LogP contribution in [0.3, 0.4) is 0 Å². The van der Waals surface area contributed by atoms with E-state index in [1.165, 1.54) is 16.2 Å². The molecule has 21 heavy (non-hydrogen) atoms. The highest BCUT2D eigenvalue weighted by Gasteiger charge is 2.24. The Morgan fingerprint density at radius 1 is 1.38 bits per heavy atom. The number of rotatable bonds is 4. The number of thiazole rings is 1. The molecule has 118 valence electrons. The maximum atomic E-state index is 12.2. The Morgan fingerprint density at radius 3 is 2.43 bits per heavy atom. The first kappa shape index (κ1) is 17.4. The second-order valence-corrected chi connectivity index (χ2v) is 7.46. The summed E-state index contributed by atoms with van der Waals surface area (Å²) in [6.45, 7) is 11.4. The van der Waals surface area contributed by atoms with E-state index < -0.39 is 0 Å². The highest BCUT2D eigenvalue weighted by atomic mass is 32.1. The summed E-state index contributed by atoms with van der Waals surface area (Å²) >= 11 is 1.41.